The SMILES string of the molecule is CC.CC=CC.Cn1ccc2c(N)ncnc21.Cn1ccc2c(N)ncnc21. The lowest BCUT2D eigenvalue weighted by Gasteiger charge is -1.94. The average molecular weight is 383 g/mol. The summed E-state index contributed by atoms with van der Waals surface area (Å²) in [5, 5.41) is 1.82. The summed E-state index contributed by atoms with van der Waals surface area (Å²) in [6.07, 6.45) is 10.8. The Hall–Kier alpha value is -3.42. The molecule has 4 heterocycles. The first-order valence-corrected chi connectivity index (χ1v) is 9.09. The fraction of sp³-hybridized carbons (Fsp3) is 0.300. The van der Waals surface area contributed by atoms with Crippen LogP contribution in [0.1, 0.15) is 27.7 Å². The summed E-state index contributed by atoms with van der Waals surface area (Å²) >= 11 is 0. The van der Waals surface area contributed by atoms with Crippen LogP contribution in [0.25, 0.3) is 22.1 Å². The first kappa shape index (κ1) is 22.6. The van der Waals surface area contributed by atoms with Crippen LogP contribution in [0.5, 0.6) is 0 Å². The van der Waals surface area contributed by atoms with Gasteiger partial charge in [0.15, 0.2) is 0 Å². The summed E-state index contributed by atoms with van der Waals surface area (Å²) in [6.45, 7) is 8.00. The lowest BCUT2D eigenvalue weighted by molar-refractivity contribution is 0.944. The highest BCUT2D eigenvalue weighted by molar-refractivity contribution is 5.86. The summed E-state index contributed by atoms with van der Waals surface area (Å²) in [7, 11) is 3.85. The molecular formula is C20H30N8. The molecule has 28 heavy (non-hydrogen) atoms. The van der Waals surface area contributed by atoms with Gasteiger partial charge in [0.05, 0.1) is 10.8 Å². The predicted octanol–water partition coefficient (Wildman–Crippen LogP) is 3.71. The van der Waals surface area contributed by atoms with Crippen molar-refractivity contribution in [1.82, 2.24) is 29.1 Å². The van der Waals surface area contributed by atoms with Crippen LogP contribution >= 0.6 is 0 Å². The van der Waals surface area contributed by atoms with Crippen molar-refractivity contribution < 1.29 is 0 Å². The highest BCUT2D eigenvalue weighted by atomic mass is 15.0. The van der Waals surface area contributed by atoms with E-state index in [9.17, 15) is 0 Å². The smallest absolute Gasteiger partial charge is 0.145 e. The van der Waals surface area contributed by atoms with Gasteiger partial charge in [0, 0.05) is 26.5 Å². The molecule has 0 fully saturated rings. The van der Waals surface area contributed by atoms with Gasteiger partial charge in [0.25, 0.3) is 0 Å². The molecule has 0 aliphatic heterocycles. The number of allylic oxidation sites excluding steroid dienone is 2. The van der Waals surface area contributed by atoms with Crippen molar-refractivity contribution in [1.29, 1.82) is 0 Å². The molecule has 8 heteroatoms. The molecule has 4 rings (SSSR count). The molecule has 0 bridgehead atoms. The normalized spacial score (nSPS) is 9.93. The van der Waals surface area contributed by atoms with Crippen molar-refractivity contribution in [2.24, 2.45) is 14.1 Å². The van der Waals surface area contributed by atoms with Gasteiger partial charge in [-0.15, -0.1) is 0 Å². The number of hydrogen-bond acceptors (Lipinski definition) is 6. The van der Waals surface area contributed by atoms with Crippen molar-refractivity contribution >= 4 is 33.7 Å². The number of rotatable bonds is 0. The van der Waals surface area contributed by atoms with Crippen LogP contribution in [-0.4, -0.2) is 29.1 Å². The molecule has 4 aromatic heterocycles. The Morgan fingerprint density at radius 1 is 0.714 bits per heavy atom. The minimum atomic E-state index is 0.538. The molecule has 0 aromatic carbocycles. The molecule has 0 radical (unpaired) electrons. The third-order valence-corrected chi connectivity index (χ3v) is 3.72. The van der Waals surface area contributed by atoms with Crippen molar-refractivity contribution in [2.45, 2.75) is 27.7 Å². The molecular weight excluding hydrogens is 352 g/mol. The third kappa shape index (κ3) is 5.54. The fourth-order valence-electron chi connectivity index (χ4n) is 2.19. The maximum absolute atomic E-state index is 5.61. The van der Waals surface area contributed by atoms with Gasteiger partial charge < -0.3 is 20.6 Å². The molecule has 0 unspecified atom stereocenters. The minimum absolute atomic E-state index is 0.538. The zero-order chi connectivity index (χ0) is 21.1. The zero-order valence-corrected chi connectivity index (χ0v) is 17.5. The average Bonchev–Trinajstić information content (AvgIpc) is 3.29. The van der Waals surface area contributed by atoms with Gasteiger partial charge in [-0.25, -0.2) is 19.9 Å². The van der Waals surface area contributed by atoms with E-state index < -0.39 is 0 Å². The number of hydrogen-bond donors (Lipinski definition) is 2. The van der Waals surface area contributed by atoms with Gasteiger partial charge in [0.2, 0.25) is 0 Å². The number of anilines is 2. The van der Waals surface area contributed by atoms with E-state index in [2.05, 4.69) is 19.9 Å². The first-order chi connectivity index (χ1) is 13.5. The Morgan fingerprint density at radius 2 is 1.07 bits per heavy atom. The molecule has 0 saturated carbocycles. The fourth-order valence-corrected chi connectivity index (χ4v) is 2.19. The lowest BCUT2D eigenvalue weighted by atomic mass is 10.4. The van der Waals surface area contributed by atoms with Crippen molar-refractivity contribution in [3.63, 3.8) is 0 Å². The van der Waals surface area contributed by atoms with Crippen LogP contribution in [-0.2, 0) is 14.1 Å². The Bertz CT molecular complexity index is 932. The van der Waals surface area contributed by atoms with Crippen LogP contribution in [0.2, 0.25) is 0 Å². The number of nitrogen functional groups attached to an aromatic ring is 2. The Balaban J connectivity index is 0.000000221. The van der Waals surface area contributed by atoms with Crippen LogP contribution in [0, 0.1) is 0 Å². The molecule has 0 amide bonds. The van der Waals surface area contributed by atoms with Crippen molar-refractivity contribution in [2.75, 3.05) is 11.5 Å². The molecule has 0 aliphatic rings. The molecule has 0 aliphatic carbocycles. The van der Waals surface area contributed by atoms with Gasteiger partial charge in [0.1, 0.15) is 35.6 Å². The standard InChI is InChI=1S/2C7H8N4.C4H8.C2H6/c2*1-11-3-2-5-6(8)9-4-10-7(5)11;1-3-4-2;1-2/h2*2-4H,1H3,(H2,8,9,10);3-4H,1-2H3;1-2H3. The van der Waals surface area contributed by atoms with Gasteiger partial charge >= 0.3 is 0 Å². The van der Waals surface area contributed by atoms with Gasteiger partial charge in [-0.2, -0.15) is 0 Å². The maximum atomic E-state index is 5.61. The summed E-state index contributed by atoms with van der Waals surface area (Å²) < 4.78 is 3.82. The van der Waals surface area contributed by atoms with Crippen molar-refractivity contribution in [3.8, 4) is 0 Å². The summed E-state index contributed by atoms with van der Waals surface area (Å²) in [6, 6.07) is 3.81. The second kappa shape index (κ2) is 11.3. The lowest BCUT2D eigenvalue weighted by Crippen LogP contribution is -1.93. The van der Waals surface area contributed by atoms with Crippen LogP contribution in [0.3, 0.4) is 0 Å². The minimum Gasteiger partial charge on any atom is -0.383 e. The van der Waals surface area contributed by atoms with E-state index in [1.807, 2.05) is 87.6 Å². The van der Waals surface area contributed by atoms with Crippen LogP contribution < -0.4 is 11.5 Å². The number of nitrogens with two attached hydrogens (primary N) is 2. The van der Waals surface area contributed by atoms with Gasteiger partial charge in [-0.05, 0) is 26.0 Å². The largest absolute Gasteiger partial charge is 0.383 e. The number of nitrogens with zero attached hydrogens (tertiary/aromatic N) is 6. The Morgan fingerprint density at radius 3 is 1.36 bits per heavy atom. The van der Waals surface area contributed by atoms with Gasteiger partial charge in [-0.1, -0.05) is 26.0 Å². The quantitative estimate of drug-likeness (QED) is 0.448. The number of fused-ring (bicyclic) bond motifs is 2. The molecule has 150 valence electrons. The summed E-state index contributed by atoms with van der Waals surface area (Å²) in [4.78, 5) is 15.9. The summed E-state index contributed by atoms with van der Waals surface area (Å²) in [5.41, 5.74) is 13.0. The topological polar surface area (TPSA) is 113 Å². The molecule has 0 saturated heterocycles. The van der Waals surface area contributed by atoms with Crippen LogP contribution in [0.4, 0.5) is 11.6 Å². The van der Waals surface area contributed by atoms with E-state index in [4.69, 9.17) is 11.5 Å². The molecule has 4 N–H and O–H groups in total. The second-order valence-electron chi connectivity index (χ2n) is 5.51. The molecule has 8 nitrogen and oxygen atoms in total. The van der Waals surface area contributed by atoms with E-state index in [1.165, 1.54) is 12.7 Å². The van der Waals surface area contributed by atoms with E-state index in [0.717, 1.165) is 22.1 Å². The number of aryl methyl sites for hydroxylation is 2. The molecule has 4 aromatic rings. The molecule has 0 spiro atoms. The predicted molar refractivity (Wildman–Crippen MR) is 118 cm³/mol. The Labute approximate surface area is 165 Å². The van der Waals surface area contributed by atoms with E-state index in [-0.39, 0.29) is 0 Å². The van der Waals surface area contributed by atoms with E-state index >= 15 is 0 Å². The number of aromatic nitrogens is 6. The van der Waals surface area contributed by atoms with Crippen molar-refractivity contribution in [3.05, 3.63) is 49.3 Å². The Kier molecular flexibility index (Phi) is 9.15. The van der Waals surface area contributed by atoms with Gasteiger partial charge in [-0.3, -0.25) is 0 Å². The van der Waals surface area contributed by atoms with E-state index in [0.29, 0.717) is 11.6 Å². The first-order valence-electron chi connectivity index (χ1n) is 9.09. The van der Waals surface area contributed by atoms with E-state index in [1.54, 1.807) is 0 Å². The highest BCUT2D eigenvalue weighted by Crippen LogP contribution is 2.16. The highest BCUT2D eigenvalue weighted by Gasteiger charge is 2.02. The second-order valence-corrected chi connectivity index (χ2v) is 5.51. The monoisotopic (exact) mass is 382 g/mol. The third-order valence-electron chi connectivity index (χ3n) is 3.72. The summed E-state index contributed by atoms with van der Waals surface area (Å²) in [5.74, 6) is 1.08. The molecule has 0 atom stereocenters. The zero-order valence-electron chi connectivity index (χ0n) is 17.5. The van der Waals surface area contributed by atoms with Crippen LogP contribution in [0.15, 0.2) is 49.3 Å². The maximum Gasteiger partial charge on any atom is 0.145 e.